The molecule has 0 bridgehead atoms. The van der Waals surface area contributed by atoms with Gasteiger partial charge in [-0.2, -0.15) is 4.98 Å². The van der Waals surface area contributed by atoms with Crippen molar-refractivity contribution in [2.75, 3.05) is 5.73 Å². The maximum Gasteiger partial charge on any atom is 0.372 e. The highest BCUT2D eigenvalue weighted by Crippen LogP contribution is 2.33. The number of nitrogens with zero attached hydrogens (tertiary/aromatic N) is 3. The minimum atomic E-state index is -0.664. The van der Waals surface area contributed by atoms with E-state index in [9.17, 15) is 10.1 Å². The van der Waals surface area contributed by atoms with Crippen LogP contribution in [0.15, 0.2) is 36.7 Å². The lowest BCUT2D eigenvalue weighted by atomic mass is 10.2. The van der Waals surface area contributed by atoms with Gasteiger partial charge in [0.05, 0.1) is 4.92 Å². The highest BCUT2D eigenvalue weighted by atomic mass is 16.6. The number of ether oxygens (including phenoxy) is 1. The third-order valence-corrected chi connectivity index (χ3v) is 2.47. The van der Waals surface area contributed by atoms with Crippen LogP contribution in [-0.4, -0.2) is 14.9 Å². The molecule has 0 aliphatic heterocycles. The van der Waals surface area contributed by atoms with E-state index in [1.165, 1.54) is 0 Å². The van der Waals surface area contributed by atoms with Crippen LogP contribution in [0.4, 0.5) is 11.5 Å². The molecule has 2 N–H and O–H groups in total. The Morgan fingerprint density at radius 3 is 2.80 bits per heavy atom. The van der Waals surface area contributed by atoms with Gasteiger partial charge in [0, 0.05) is 5.56 Å². The number of nitro groups is 1. The summed E-state index contributed by atoms with van der Waals surface area (Å²) in [6, 6.07) is 7.12. The smallest absolute Gasteiger partial charge is 0.372 e. The molecule has 0 spiro atoms. The van der Waals surface area contributed by atoms with Gasteiger partial charge in [-0.1, -0.05) is 30.4 Å². The molecule has 0 saturated heterocycles. The van der Waals surface area contributed by atoms with Crippen LogP contribution in [0.3, 0.4) is 0 Å². The average Bonchev–Trinajstić information content (AvgIpc) is 2.41. The highest BCUT2D eigenvalue weighted by molar-refractivity contribution is 5.61. The summed E-state index contributed by atoms with van der Waals surface area (Å²) < 4.78 is 5.51. The first-order chi connectivity index (χ1) is 9.63. The first-order valence-corrected chi connectivity index (χ1v) is 5.78. The molecule has 0 aliphatic carbocycles. The van der Waals surface area contributed by atoms with E-state index in [0.29, 0.717) is 5.75 Å². The first-order valence-electron chi connectivity index (χ1n) is 5.78. The lowest BCUT2D eigenvalue weighted by Crippen LogP contribution is -2.03. The fourth-order valence-corrected chi connectivity index (χ4v) is 1.62. The van der Waals surface area contributed by atoms with Crippen molar-refractivity contribution >= 4 is 17.6 Å². The summed E-state index contributed by atoms with van der Waals surface area (Å²) in [6.45, 7) is 1.86. The number of aromatic nitrogens is 2. The summed E-state index contributed by atoms with van der Waals surface area (Å²) in [4.78, 5) is 17.7. The van der Waals surface area contributed by atoms with E-state index in [0.717, 1.165) is 11.9 Å². The van der Waals surface area contributed by atoms with Crippen LogP contribution in [-0.2, 0) is 0 Å². The van der Waals surface area contributed by atoms with Crippen molar-refractivity contribution in [1.82, 2.24) is 9.97 Å². The Kier molecular flexibility index (Phi) is 3.90. The van der Waals surface area contributed by atoms with Gasteiger partial charge < -0.3 is 10.5 Å². The molecule has 1 aromatic heterocycles. The molecule has 0 atom stereocenters. The zero-order valence-corrected chi connectivity index (χ0v) is 10.7. The zero-order chi connectivity index (χ0) is 14.5. The van der Waals surface area contributed by atoms with Gasteiger partial charge in [-0.3, -0.25) is 10.1 Å². The van der Waals surface area contributed by atoms with Crippen LogP contribution < -0.4 is 10.5 Å². The molecule has 1 aromatic carbocycles. The van der Waals surface area contributed by atoms with Gasteiger partial charge in [-0.25, -0.2) is 4.98 Å². The van der Waals surface area contributed by atoms with Crippen LogP contribution in [0.2, 0.25) is 0 Å². The largest absolute Gasteiger partial charge is 0.433 e. The van der Waals surface area contributed by atoms with Gasteiger partial charge in [-0.15, -0.1) is 0 Å². The van der Waals surface area contributed by atoms with Crippen LogP contribution in [0.1, 0.15) is 12.5 Å². The number of hydrogen-bond donors (Lipinski definition) is 1. The number of nitrogens with two attached hydrogens (primary N) is 1. The average molecular weight is 272 g/mol. The predicted octanol–water partition coefficient (Wildman–Crippen LogP) is 2.79. The van der Waals surface area contributed by atoms with Crippen LogP contribution in [0.25, 0.3) is 6.08 Å². The lowest BCUT2D eigenvalue weighted by molar-refractivity contribution is -0.385. The molecule has 0 aliphatic rings. The van der Waals surface area contributed by atoms with E-state index in [2.05, 4.69) is 9.97 Å². The fraction of sp³-hybridized carbons (Fsp3) is 0.0769. The topological polar surface area (TPSA) is 104 Å². The Morgan fingerprint density at radius 1 is 1.35 bits per heavy atom. The quantitative estimate of drug-likeness (QED) is 0.677. The molecule has 0 unspecified atom stereocenters. The number of nitrogen functional groups attached to an aromatic ring is 1. The van der Waals surface area contributed by atoms with Crippen molar-refractivity contribution in [3.05, 3.63) is 52.3 Å². The molecule has 1 heterocycles. The molecule has 102 valence electrons. The number of rotatable bonds is 4. The van der Waals surface area contributed by atoms with E-state index in [-0.39, 0.29) is 11.7 Å². The Balaban J connectivity index is 2.46. The molecular formula is C13H12N4O3. The normalized spacial score (nSPS) is 10.7. The van der Waals surface area contributed by atoms with Gasteiger partial charge in [0.1, 0.15) is 12.1 Å². The maximum absolute atomic E-state index is 11.0. The van der Waals surface area contributed by atoms with Crippen LogP contribution >= 0.6 is 0 Å². The van der Waals surface area contributed by atoms with E-state index >= 15 is 0 Å². The molecular weight excluding hydrogens is 260 g/mol. The summed E-state index contributed by atoms with van der Waals surface area (Å²) in [7, 11) is 0. The lowest BCUT2D eigenvalue weighted by Gasteiger charge is -2.08. The van der Waals surface area contributed by atoms with Crippen molar-refractivity contribution in [3.8, 4) is 11.6 Å². The minimum absolute atomic E-state index is 0.181. The standard InChI is InChI=1S/C13H12N4O3/c1-2-5-9-6-3-4-7-10(9)20-13-11(17(18)19)12(14)15-8-16-13/h2-8H,1H3,(H2,14,15,16)/b5-2+. The van der Waals surface area contributed by atoms with Crippen molar-refractivity contribution < 1.29 is 9.66 Å². The molecule has 0 saturated carbocycles. The Hall–Kier alpha value is -2.96. The number of anilines is 1. The van der Waals surface area contributed by atoms with Crippen molar-refractivity contribution in [2.45, 2.75) is 6.92 Å². The number of para-hydroxylation sites is 1. The van der Waals surface area contributed by atoms with Crippen molar-refractivity contribution in [3.63, 3.8) is 0 Å². The number of allylic oxidation sites excluding steroid dienone is 1. The number of benzene rings is 1. The third kappa shape index (κ3) is 2.72. The summed E-state index contributed by atoms with van der Waals surface area (Å²) >= 11 is 0. The first kappa shape index (κ1) is 13.5. The second-order valence-electron chi connectivity index (χ2n) is 3.81. The molecule has 2 aromatic rings. The molecule has 0 fully saturated rings. The molecule has 7 nitrogen and oxygen atoms in total. The van der Waals surface area contributed by atoms with E-state index < -0.39 is 10.6 Å². The zero-order valence-electron chi connectivity index (χ0n) is 10.7. The van der Waals surface area contributed by atoms with Crippen molar-refractivity contribution in [2.24, 2.45) is 0 Å². The van der Waals surface area contributed by atoms with E-state index in [4.69, 9.17) is 10.5 Å². The van der Waals surface area contributed by atoms with E-state index in [1.54, 1.807) is 12.1 Å². The minimum Gasteiger partial charge on any atom is -0.433 e. The summed E-state index contributed by atoms with van der Waals surface area (Å²) in [6.07, 6.45) is 4.78. The second-order valence-corrected chi connectivity index (χ2v) is 3.81. The summed E-state index contributed by atoms with van der Waals surface area (Å²) in [5, 5.41) is 11.0. The van der Waals surface area contributed by atoms with Gasteiger partial charge >= 0.3 is 11.6 Å². The number of hydrogen-bond acceptors (Lipinski definition) is 6. The van der Waals surface area contributed by atoms with Crippen molar-refractivity contribution in [1.29, 1.82) is 0 Å². The Morgan fingerprint density at radius 2 is 2.10 bits per heavy atom. The SMILES string of the molecule is C/C=C/c1ccccc1Oc1ncnc(N)c1[N+](=O)[O-]. The summed E-state index contributed by atoms with van der Waals surface area (Å²) in [5.41, 5.74) is 5.82. The van der Waals surface area contributed by atoms with Gasteiger partial charge in [0.15, 0.2) is 0 Å². The van der Waals surface area contributed by atoms with Gasteiger partial charge in [-0.05, 0) is 13.0 Å². The molecule has 2 rings (SSSR count). The highest BCUT2D eigenvalue weighted by Gasteiger charge is 2.23. The van der Waals surface area contributed by atoms with Gasteiger partial charge in [0.2, 0.25) is 5.82 Å². The summed E-state index contributed by atoms with van der Waals surface area (Å²) in [5.74, 6) is 0.0368. The Bertz CT molecular complexity index is 670. The van der Waals surface area contributed by atoms with Gasteiger partial charge in [0.25, 0.3) is 0 Å². The maximum atomic E-state index is 11.0. The van der Waals surface area contributed by atoms with Crippen LogP contribution in [0.5, 0.6) is 11.6 Å². The molecule has 0 amide bonds. The second kappa shape index (κ2) is 5.79. The predicted molar refractivity (Wildman–Crippen MR) is 74.3 cm³/mol. The molecule has 0 radical (unpaired) electrons. The fourth-order valence-electron chi connectivity index (χ4n) is 1.62. The third-order valence-electron chi connectivity index (χ3n) is 2.47. The van der Waals surface area contributed by atoms with Crippen LogP contribution in [0, 0.1) is 10.1 Å². The Labute approximate surface area is 114 Å². The molecule has 20 heavy (non-hydrogen) atoms. The molecule has 7 heteroatoms. The monoisotopic (exact) mass is 272 g/mol. The van der Waals surface area contributed by atoms with E-state index in [1.807, 2.05) is 31.2 Å².